The minimum Gasteiger partial charge on any atom is -0.463 e. The second-order valence-electron chi connectivity index (χ2n) is 9.86. The Kier molecular flexibility index (Phi) is 12.4. The average Bonchev–Trinajstić information content (AvgIpc) is 2.99. The number of carbonyl (C=O) groups is 2. The number of aldehydes is 1. The Hall–Kier alpha value is -2.07. The van der Waals surface area contributed by atoms with Gasteiger partial charge in [-0.2, -0.15) is 0 Å². The van der Waals surface area contributed by atoms with Crippen molar-refractivity contribution in [2.75, 3.05) is 50.5 Å². The van der Waals surface area contributed by atoms with Crippen molar-refractivity contribution in [3.8, 4) is 0 Å². The zero-order valence-electron chi connectivity index (χ0n) is 23.5. The van der Waals surface area contributed by atoms with Gasteiger partial charge in [-0.15, -0.1) is 11.8 Å². The molecule has 1 aromatic carbocycles. The number of esters is 1. The first-order valence-corrected chi connectivity index (χ1v) is 16.9. The van der Waals surface area contributed by atoms with Crippen LogP contribution < -0.4 is 15.9 Å². The number of nitrogens with one attached hydrogen (secondary N) is 2. The predicted octanol–water partition coefficient (Wildman–Crippen LogP) is 4.37. The topological polar surface area (TPSA) is 104 Å². The molecule has 11 heteroatoms. The fourth-order valence-corrected chi connectivity index (χ4v) is 7.74. The van der Waals surface area contributed by atoms with E-state index in [0.717, 1.165) is 75.9 Å². The second kappa shape index (κ2) is 16.0. The number of ether oxygens (including phenoxy) is 1. The van der Waals surface area contributed by atoms with Gasteiger partial charge in [0, 0.05) is 36.7 Å². The number of β-amino-alcohol motifs (C(OH)–C–C–N with tert-alkyl or cyclic N) is 1. The number of carbonyl (C=O) groups excluding carboxylic acids is 2. The fraction of sp³-hybridized carbons (Fsp3) is 0.433. The molecule has 0 saturated carbocycles. The third-order valence-corrected chi connectivity index (χ3v) is 10.1. The Morgan fingerprint density at radius 1 is 1.37 bits per heavy atom. The van der Waals surface area contributed by atoms with Gasteiger partial charge >= 0.3 is 5.97 Å². The standard InChI is InChI=1S/C30H38BrN4O4PS/c1-3-39-28(38)9-7-20-6-8-23(29-22(20)5-4-15-40-29)26(37)19-35-12-10-21(11-13-35)33-18-25-24(31)17-27(41-16-14-36)30(32-2)34-25/h4-9,14,17,21,26,33,37,40H,3,10-13,15-16,18-19H2,1-2H3,(H,32,34)/b9-7+. The van der Waals surface area contributed by atoms with Crippen LogP contribution in [0.15, 0.2) is 39.7 Å². The van der Waals surface area contributed by atoms with Crippen LogP contribution in [0, 0.1) is 0 Å². The molecule has 0 aliphatic carbocycles. The van der Waals surface area contributed by atoms with Gasteiger partial charge in [0.25, 0.3) is 0 Å². The van der Waals surface area contributed by atoms with Crippen LogP contribution in [0.3, 0.4) is 0 Å². The Labute approximate surface area is 256 Å². The van der Waals surface area contributed by atoms with E-state index in [1.807, 2.05) is 25.2 Å². The van der Waals surface area contributed by atoms with E-state index in [0.29, 0.717) is 40.1 Å². The number of anilines is 1. The van der Waals surface area contributed by atoms with Crippen LogP contribution in [-0.2, 0) is 20.9 Å². The number of aliphatic hydroxyl groups excluding tert-OH is 1. The number of aliphatic hydroxyl groups is 1. The normalized spacial score (nSPS) is 17.1. The Bertz CT molecular complexity index is 1280. The molecular formula is C30H38BrN4O4PS. The largest absolute Gasteiger partial charge is 0.463 e. The van der Waals surface area contributed by atoms with Gasteiger partial charge < -0.3 is 30.2 Å². The average molecular weight is 662 g/mol. The molecule has 1 saturated heterocycles. The first-order valence-electron chi connectivity index (χ1n) is 13.9. The molecule has 3 heterocycles. The van der Waals surface area contributed by atoms with Crippen LogP contribution in [0.25, 0.3) is 12.2 Å². The molecule has 2 aliphatic heterocycles. The number of allylic oxidation sites excluding steroid dienone is 1. The zero-order chi connectivity index (χ0) is 29.2. The fourth-order valence-electron chi connectivity index (χ4n) is 5.09. The van der Waals surface area contributed by atoms with E-state index < -0.39 is 6.10 Å². The molecule has 0 bridgehead atoms. The minimum absolute atomic E-state index is 0.347. The highest BCUT2D eigenvalue weighted by molar-refractivity contribution is 9.10. The molecule has 0 amide bonds. The molecular weight excluding hydrogens is 623 g/mol. The van der Waals surface area contributed by atoms with E-state index >= 15 is 0 Å². The molecule has 2 unspecified atom stereocenters. The lowest BCUT2D eigenvalue weighted by Crippen LogP contribution is -2.43. The van der Waals surface area contributed by atoms with Gasteiger partial charge in [0.15, 0.2) is 0 Å². The number of benzene rings is 1. The number of hydrogen-bond donors (Lipinski definition) is 3. The number of aromatic nitrogens is 1. The van der Waals surface area contributed by atoms with Gasteiger partial charge in [-0.25, -0.2) is 9.78 Å². The molecule has 2 aliphatic rings. The molecule has 2 aromatic rings. The van der Waals surface area contributed by atoms with E-state index in [2.05, 4.69) is 43.6 Å². The molecule has 1 fully saturated rings. The van der Waals surface area contributed by atoms with E-state index in [4.69, 9.17) is 9.72 Å². The Morgan fingerprint density at radius 3 is 2.90 bits per heavy atom. The van der Waals surface area contributed by atoms with Crippen molar-refractivity contribution in [2.24, 2.45) is 0 Å². The quantitative estimate of drug-likeness (QED) is 0.0950. The van der Waals surface area contributed by atoms with E-state index in [-0.39, 0.29) is 5.97 Å². The monoisotopic (exact) mass is 660 g/mol. The van der Waals surface area contributed by atoms with Crippen LogP contribution in [-0.4, -0.2) is 78.5 Å². The van der Waals surface area contributed by atoms with Gasteiger partial charge in [0.05, 0.1) is 29.1 Å². The van der Waals surface area contributed by atoms with E-state index in [1.54, 1.807) is 13.0 Å². The third-order valence-electron chi connectivity index (χ3n) is 7.17. The highest BCUT2D eigenvalue weighted by Gasteiger charge is 2.24. The maximum absolute atomic E-state index is 11.8. The van der Waals surface area contributed by atoms with Crippen molar-refractivity contribution in [1.82, 2.24) is 15.2 Å². The number of fused-ring (bicyclic) bond motifs is 1. The summed E-state index contributed by atoms with van der Waals surface area (Å²) in [7, 11) is 2.43. The second-order valence-corrected chi connectivity index (χ2v) is 13.0. The molecule has 8 nitrogen and oxygen atoms in total. The molecule has 41 heavy (non-hydrogen) atoms. The van der Waals surface area contributed by atoms with Crippen LogP contribution in [0.1, 0.15) is 48.3 Å². The minimum atomic E-state index is -0.564. The van der Waals surface area contributed by atoms with Gasteiger partial charge in [0.2, 0.25) is 0 Å². The smallest absolute Gasteiger partial charge is 0.330 e. The molecule has 1 aromatic heterocycles. The van der Waals surface area contributed by atoms with E-state index in [9.17, 15) is 14.7 Å². The molecule has 220 valence electrons. The summed E-state index contributed by atoms with van der Waals surface area (Å²) in [6.07, 6.45) is 10.8. The number of rotatable bonds is 13. The summed E-state index contributed by atoms with van der Waals surface area (Å²) in [5.41, 5.74) is 3.98. The van der Waals surface area contributed by atoms with Crippen molar-refractivity contribution in [2.45, 2.75) is 43.4 Å². The van der Waals surface area contributed by atoms with Gasteiger partial charge in [-0.1, -0.05) is 32.9 Å². The molecule has 2 atom stereocenters. The Balaban J connectivity index is 1.32. The predicted molar refractivity (Wildman–Crippen MR) is 173 cm³/mol. The third kappa shape index (κ3) is 8.72. The summed E-state index contributed by atoms with van der Waals surface area (Å²) in [5.74, 6) is 0.829. The van der Waals surface area contributed by atoms with Gasteiger partial charge in [0.1, 0.15) is 12.1 Å². The van der Waals surface area contributed by atoms with Crippen LogP contribution >= 0.6 is 36.3 Å². The number of piperidine rings is 1. The highest BCUT2D eigenvalue weighted by Crippen LogP contribution is 2.31. The molecule has 3 N–H and O–H groups in total. The summed E-state index contributed by atoms with van der Waals surface area (Å²) in [6, 6.07) is 6.40. The van der Waals surface area contributed by atoms with Crippen molar-refractivity contribution < 1.29 is 19.4 Å². The molecule has 4 rings (SSSR count). The van der Waals surface area contributed by atoms with Gasteiger partial charge in [-0.05, 0) is 89.1 Å². The summed E-state index contributed by atoms with van der Waals surface area (Å²) in [5, 5.41) is 19.3. The van der Waals surface area contributed by atoms with Crippen molar-refractivity contribution in [3.05, 3.63) is 57.2 Å². The number of nitrogens with zero attached hydrogens (tertiary/aromatic N) is 2. The number of hydrogen-bond acceptors (Lipinski definition) is 9. The van der Waals surface area contributed by atoms with Crippen molar-refractivity contribution >= 4 is 71.8 Å². The lowest BCUT2D eigenvalue weighted by atomic mass is 9.98. The number of likely N-dealkylation sites (tertiary alicyclic amines) is 1. The molecule has 0 radical (unpaired) electrons. The lowest BCUT2D eigenvalue weighted by molar-refractivity contribution is -0.137. The van der Waals surface area contributed by atoms with Crippen LogP contribution in [0.5, 0.6) is 0 Å². The van der Waals surface area contributed by atoms with Crippen LogP contribution in [0.2, 0.25) is 0 Å². The first-order chi connectivity index (χ1) is 19.9. The van der Waals surface area contributed by atoms with E-state index in [1.165, 1.54) is 23.1 Å². The first kappa shape index (κ1) is 31.9. The lowest BCUT2D eigenvalue weighted by Gasteiger charge is -2.34. The number of halogens is 1. The summed E-state index contributed by atoms with van der Waals surface area (Å²) < 4.78 is 5.95. The summed E-state index contributed by atoms with van der Waals surface area (Å²) >= 11 is 5.11. The van der Waals surface area contributed by atoms with Crippen LogP contribution in [0.4, 0.5) is 5.82 Å². The van der Waals surface area contributed by atoms with Crippen molar-refractivity contribution in [3.63, 3.8) is 0 Å². The zero-order valence-corrected chi connectivity index (χ0v) is 26.9. The number of thioether (sulfide) groups is 1. The van der Waals surface area contributed by atoms with Gasteiger partial charge in [-0.3, -0.25) is 0 Å². The molecule has 0 spiro atoms. The highest BCUT2D eigenvalue weighted by atomic mass is 79.9. The maximum atomic E-state index is 11.8. The Morgan fingerprint density at radius 2 is 2.17 bits per heavy atom. The van der Waals surface area contributed by atoms with Crippen molar-refractivity contribution in [1.29, 1.82) is 0 Å². The SMILES string of the molecule is CCOC(=O)/C=C/c1ccc(C(O)CN2CCC(NCc3nc(NC)c(SCC=O)cc3Br)CC2)c2c1C=CCP2. The number of pyridine rings is 1. The summed E-state index contributed by atoms with van der Waals surface area (Å²) in [4.78, 5) is 30.6. The summed E-state index contributed by atoms with van der Waals surface area (Å²) in [6.45, 7) is 5.23. The maximum Gasteiger partial charge on any atom is 0.330 e.